The molecule has 0 aliphatic heterocycles. The van der Waals surface area contributed by atoms with Crippen LogP contribution in [0, 0.1) is 17.0 Å². The van der Waals surface area contributed by atoms with Gasteiger partial charge in [0.05, 0.1) is 22.7 Å². The maximum absolute atomic E-state index is 11.6. The van der Waals surface area contributed by atoms with Gasteiger partial charge in [-0.15, -0.1) is 0 Å². The highest BCUT2D eigenvalue weighted by molar-refractivity contribution is 5.93. The number of nitrogens with one attached hydrogen (secondary N) is 2. The average molecular weight is 251 g/mol. The van der Waals surface area contributed by atoms with Crippen molar-refractivity contribution in [2.45, 2.75) is 26.8 Å². The van der Waals surface area contributed by atoms with Crippen molar-refractivity contribution in [2.24, 2.45) is 0 Å². The Labute approximate surface area is 106 Å². The van der Waals surface area contributed by atoms with Crippen molar-refractivity contribution in [3.63, 3.8) is 0 Å². The number of nitro groups is 1. The number of amides is 1. The number of hydrogen-bond acceptors (Lipinski definition) is 4. The van der Waals surface area contributed by atoms with Gasteiger partial charge in [-0.2, -0.15) is 0 Å². The Bertz CT molecular complexity index is 458. The van der Waals surface area contributed by atoms with Crippen LogP contribution in [0.1, 0.15) is 19.4 Å². The van der Waals surface area contributed by atoms with Crippen molar-refractivity contribution in [1.82, 2.24) is 5.32 Å². The lowest BCUT2D eigenvalue weighted by atomic mass is 10.1. The van der Waals surface area contributed by atoms with Crippen LogP contribution in [0.4, 0.5) is 11.4 Å². The number of nitro benzene ring substituents is 1. The van der Waals surface area contributed by atoms with Crippen LogP contribution in [0.3, 0.4) is 0 Å². The standard InChI is InChI=1S/C12H17N3O3/c1-8(2)13-7-12(16)14-10-5-4-6-11(9(10)3)15(17)18/h4-6,8,13H,7H2,1-3H3,(H,14,16). The van der Waals surface area contributed by atoms with Crippen molar-refractivity contribution < 1.29 is 9.72 Å². The van der Waals surface area contributed by atoms with E-state index in [9.17, 15) is 14.9 Å². The molecule has 1 rings (SSSR count). The molecule has 0 fully saturated rings. The minimum atomic E-state index is -0.461. The number of carbonyl (C=O) groups excluding carboxylic acids is 1. The number of anilines is 1. The molecule has 0 aromatic heterocycles. The smallest absolute Gasteiger partial charge is 0.274 e. The number of hydrogen-bond donors (Lipinski definition) is 2. The van der Waals surface area contributed by atoms with Gasteiger partial charge in [0.15, 0.2) is 0 Å². The van der Waals surface area contributed by atoms with E-state index in [1.54, 1.807) is 19.1 Å². The molecule has 2 N–H and O–H groups in total. The third kappa shape index (κ3) is 3.81. The highest BCUT2D eigenvalue weighted by Crippen LogP contribution is 2.24. The normalized spacial score (nSPS) is 10.4. The van der Waals surface area contributed by atoms with Gasteiger partial charge in [-0.3, -0.25) is 14.9 Å². The van der Waals surface area contributed by atoms with Gasteiger partial charge in [-0.25, -0.2) is 0 Å². The first kappa shape index (κ1) is 14.1. The quantitative estimate of drug-likeness (QED) is 0.617. The minimum Gasteiger partial charge on any atom is -0.324 e. The second-order valence-electron chi connectivity index (χ2n) is 4.29. The van der Waals surface area contributed by atoms with Gasteiger partial charge in [0, 0.05) is 12.1 Å². The molecule has 18 heavy (non-hydrogen) atoms. The Morgan fingerprint density at radius 3 is 2.67 bits per heavy atom. The molecule has 0 heterocycles. The van der Waals surface area contributed by atoms with Crippen LogP contribution in [0.25, 0.3) is 0 Å². The molecule has 1 amide bonds. The zero-order chi connectivity index (χ0) is 13.7. The Kier molecular flexibility index (Phi) is 4.79. The summed E-state index contributed by atoms with van der Waals surface area (Å²) in [6.45, 7) is 5.67. The summed E-state index contributed by atoms with van der Waals surface area (Å²) in [4.78, 5) is 21.9. The molecule has 0 spiro atoms. The Hall–Kier alpha value is -1.95. The largest absolute Gasteiger partial charge is 0.324 e. The molecule has 0 atom stereocenters. The highest BCUT2D eigenvalue weighted by Gasteiger charge is 2.14. The predicted octanol–water partition coefficient (Wildman–Crippen LogP) is 1.84. The molecule has 0 aliphatic carbocycles. The van der Waals surface area contributed by atoms with E-state index < -0.39 is 4.92 Å². The Balaban J connectivity index is 2.76. The SMILES string of the molecule is Cc1c(NC(=O)CNC(C)C)cccc1[N+](=O)[O-]. The molecule has 0 saturated carbocycles. The molecule has 6 heteroatoms. The van der Waals surface area contributed by atoms with Crippen LogP contribution in [-0.2, 0) is 4.79 Å². The summed E-state index contributed by atoms with van der Waals surface area (Å²) in [5.74, 6) is -0.215. The summed E-state index contributed by atoms with van der Waals surface area (Å²) in [6.07, 6.45) is 0. The summed E-state index contributed by atoms with van der Waals surface area (Å²) in [6, 6.07) is 4.82. The summed E-state index contributed by atoms with van der Waals surface area (Å²) < 4.78 is 0. The van der Waals surface area contributed by atoms with Gasteiger partial charge in [0.25, 0.3) is 5.69 Å². The second kappa shape index (κ2) is 6.11. The van der Waals surface area contributed by atoms with Gasteiger partial charge in [-0.1, -0.05) is 19.9 Å². The van der Waals surface area contributed by atoms with Crippen LogP contribution in [0.15, 0.2) is 18.2 Å². The van der Waals surface area contributed by atoms with Crippen LogP contribution in [-0.4, -0.2) is 23.4 Å². The third-order valence-electron chi connectivity index (χ3n) is 2.45. The van der Waals surface area contributed by atoms with Crippen molar-refractivity contribution in [3.8, 4) is 0 Å². The number of benzene rings is 1. The van der Waals surface area contributed by atoms with E-state index >= 15 is 0 Å². The fourth-order valence-corrected chi connectivity index (χ4v) is 1.45. The molecule has 0 aliphatic rings. The molecule has 6 nitrogen and oxygen atoms in total. The van der Waals surface area contributed by atoms with E-state index in [4.69, 9.17) is 0 Å². The lowest BCUT2D eigenvalue weighted by molar-refractivity contribution is -0.385. The van der Waals surface area contributed by atoms with Crippen LogP contribution in [0.5, 0.6) is 0 Å². The molecule has 0 radical (unpaired) electrons. The zero-order valence-electron chi connectivity index (χ0n) is 10.7. The van der Waals surface area contributed by atoms with Crippen molar-refractivity contribution >= 4 is 17.3 Å². The summed E-state index contributed by atoms with van der Waals surface area (Å²) >= 11 is 0. The first-order chi connectivity index (χ1) is 8.41. The Morgan fingerprint density at radius 2 is 2.11 bits per heavy atom. The van der Waals surface area contributed by atoms with E-state index in [2.05, 4.69) is 10.6 Å². The summed E-state index contributed by atoms with van der Waals surface area (Å²) in [7, 11) is 0. The first-order valence-electron chi connectivity index (χ1n) is 5.69. The van der Waals surface area contributed by atoms with E-state index in [0.29, 0.717) is 11.3 Å². The van der Waals surface area contributed by atoms with Crippen molar-refractivity contribution in [2.75, 3.05) is 11.9 Å². The van der Waals surface area contributed by atoms with E-state index in [1.165, 1.54) is 6.07 Å². The second-order valence-corrected chi connectivity index (χ2v) is 4.29. The van der Waals surface area contributed by atoms with E-state index in [1.807, 2.05) is 13.8 Å². The summed E-state index contributed by atoms with van der Waals surface area (Å²) in [5, 5.41) is 16.4. The van der Waals surface area contributed by atoms with Crippen LogP contribution < -0.4 is 10.6 Å². The molecule has 98 valence electrons. The summed E-state index contributed by atoms with van der Waals surface area (Å²) in [5.41, 5.74) is 0.935. The fraction of sp³-hybridized carbons (Fsp3) is 0.417. The van der Waals surface area contributed by atoms with Gasteiger partial charge >= 0.3 is 0 Å². The lowest BCUT2D eigenvalue weighted by Crippen LogP contribution is -2.32. The molecular formula is C12H17N3O3. The minimum absolute atomic E-state index is 0.00428. The van der Waals surface area contributed by atoms with E-state index in [-0.39, 0.29) is 24.2 Å². The number of rotatable bonds is 5. The van der Waals surface area contributed by atoms with Crippen LogP contribution in [0.2, 0.25) is 0 Å². The maximum atomic E-state index is 11.6. The topological polar surface area (TPSA) is 84.3 Å². The predicted molar refractivity (Wildman–Crippen MR) is 69.6 cm³/mol. The molecule has 0 bridgehead atoms. The monoisotopic (exact) mass is 251 g/mol. The highest BCUT2D eigenvalue weighted by atomic mass is 16.6. The Morgan fingerprint density at radius 1 is 1.44 bits per heavy atom. The lowest BCUT2D eigenvalue weighted by Gasteiger charge is -2.10. The third-order valence-corrected chi connectivity index (χ3v) is 2.45. The molecule has 1 aromatic rings. The van der Waals surface area contributed by atoms with Gasteiger partial charge in [0.2, 0.25) is 5.91 Å². The van der Waals surface area contributed by atoms with E-state index in [0.717, 1.165) is 0 Å². The number of carbonyl (C=O) groups is 1. The molecular weight excluding hydrogens is 234 g/mol. The molecule has 1 aromatic carbocycles. The fourth-order valence-electron chi connectivity index (χ4n) is 1.45. The maximum Gasteiger partial charge on any atom is 0.274 e. The van der Waals surface area contributed by atoms with Crippen LogP contribution >= 0.6 is 0 Å². The van der Waals surface area contributed by atoms with Crippen molar-refractivity contribution in [3.05, 3.63) is 33.9 Å². The van der Waals surface area contributed by atoms with Gasteiger partial charge < -0.3 is 10.6 Å². The van der Waals surface area contributed by atoms with Gasteiger partial charge in [0.1, 0.15) is 0 Å². The zero-order valence-corrected chi connectivity index (χ0v) is 10.7. The molecule has 0 saturated heterocycles. The van der Waals surface area contributed by atoms with Gasteiger partial charge in [-0.05, 0) is 13.0 Å². The molecule has 0 unspecified atom stereocenters. The first-order valence-corrected chi connectivity index (χ1v) is 5.69. The van der Waals surface area contributed by atoms with Crippen molar-refractivity contribution in [1.29, 1.82) is 0 Å². The number of nitrogens with zero attached hydrogens (tertiary/aromatic N) is 1. The average Bonchev–Trinajstić information content (AvgIpc) is 2.29.